The predicted molar refractivity (Wildman–Crippen MR) is 57.0 cm³/mol. The lowest BCUT2D eigenvalue weighted by Crippen LogP contribution is -2.57. The minimum absolute atomic E-state index is 0.0204. The third kappa shape index (κ3) is 4.33. The quantitative estimate of drug-likeness (QED) is 0.186. The number of nitroso groups, excluding NO2 is 1. The Labute approximate surface area is 102 Å². The average molecular weight is 265 g/mol. The molecule has 0 saturated carbocycles. The number of rotatable bonds is 7. The molecule has 0 saturated heterocycles. The van der Waals surface area contributed by atoms with Crippen molar-refractivity contribution in [3.8, 4) is 0 Å². The smallest absolute Gasteiger partial charge is 0.340 e. The molecular weight excluding hydrogens is 250 g/mol. The number of aliphatic hydroxyl groups is 4. The maximum absolute atomic E-state index is 11.3. The number of nitrogens with one attached hydrogen (secondary N) is 1. The van der Waals surface area contributed by atoms with Gasteiger partial charge in [-0.05, 0) is 0 Å². The van der Waals surface area contributed by atoms with Crippen molar-refractivity contribution < 1.29 is 30.0 Å². The van der Waals surface area contributed by atoms with Crippen LogP contribution in [0.2, 0.25) is 0 Å². The first-order chi connectivity index (χ1) is 8.38. The maximum Gasteiger partial charge on any atom is 0.340 e. The van der Waals surface area contributed by atoms with Crippen molar-refractivity contribution >= 4 is 12.3 Å². The van der Waals surface area contributed by atoms with E-state index < -0.39 is 37.0 Å². The Kier molecular flexibility index (Phi) is 6.97. The summed E-state index contributed by atoms with van der Waals surface area (Å²) in [6, 6.07) is -2.69. The van der Waals surface area contributed by atoms with Gasteiger partial charge in [-0.2, -0.15) is 5.01 Å². The van der Waals surface area contributed by atoms with Gasteiger partial charge in [-0.25, -0.2) is 4.79 Å². The normalized spacial score (nSPS) is 17.2. The second-order valence-electron chi connectivity index (χ2n) is 3.45. The summed E-state index contributed by atoms with van der Waals surface area (Å²) in [6.07, 6.45) is -5.30. The zero-order valence-corrected chi connectivity index (χ0v) is 9.50. The fourth-order valence-corrected chi connectivity index (χ4v) is 1.08. The molecule has 18 heavy (non-hydrogen) atoms. The molecule has 10 heteroatoms. The molecule has 0 rings (SSSR count). The van der Waals surface area contributed by atoms with Crippen LogP contribution in [0.25, 0.3) is 0 Å². The van der Waals surface area contributed by atoms with E-state index in [1.54, 1.807) is 0 Å². The van der Waals surface area contributed by atoms with Crippen LogP contribution >= 0.6 is 0 Å². The molecule has 0 aliphatic heterocycles. The van der Waals surface area contributed by atoms with Crippen LogP contribution in [0.4, 0.5) is 4.79 Å². The number of hydrogen-bond acceptors (Lipinski definition) is 8. The van der Waals surface area contributed by atoms with Crippen molar-refractivity contribution in [3.63, 3.8) is 0 Å². The van der Waals surface area contributed by atoms with E-state index in [4.69, 9.17) is 5.11 Å². The average Bonchev–Trinajstić information content (AvgIpc) is 2.40. The monoisotopic (exact) mass is 265 g/mol. The topological polar surface area (TPSA) is 160 Å². The van der Waals surface area contributed by atoms with E-state index in [2.05, 4.69) is 5.29 Å². The van der Waals surface area contributed by atoms with Crippen LogP contribution in [0.15, 0.2) is 5.29 Å². The van der Waals surface area contributed by atoms with Gasteiger partial charge < -0.3 is 30.5 Å². The Balaban J connectivity index is 4.84. The molecule has 4 atom stereocenters. The Morgan fingerprint density at radius 1 is 1.44 bits per heavy atom. The van der Waals surface area contributed by atoms with E-state index in [-0.39, 0.29) is 6.29 Å². The molecule has 0 spiro atoms. The van der Waals surface area contributed by atoms with Gasteiger partial charge in [-0.15, -0.1) is 4.91 Å². The van der Waals surface area contributed by atoms with E-state index in [9.17, 15) is 29.8 Å². The van der Waals surface area contributed by atoms with Crippen molar-refractivity contribution in [3.05, 3.63) is 4.91 Å². The maximum atomic E-state index is 11.3. The van der Waals surface area contributed by atoms with Crippen LogP contribution in [0.3, 0.4) is 0 Å². The number of amides is 2. The number of aliphatic hydroxyl groups excluding tert-OH is 4. The summed E-state index contributed by atoms with van der Waals surface area (Å²) >= 11 is 0. The first-order valence-electron chi connectivity index (χ1n) is 4.86. The highest BCUT2D eigenvalue weighted by atomic mass is 16.4. The Bertz CT molecular complexity index is 300. The third-order valence-electron chi connectivity index (χ3n) is 2.16. The highest BCUT2D eigenvalue weighted by Gasteiger charge is 2.33. The van der Waals surface area contributed by atoms with Crippen LogP contribution in [0.5, 0.6) is 0 Å². The molecule has 2 amide bonds. The highest BCUT2D eigenvalue weighted by molar-refractivity contribution is 5.74. The molecule has 0 unspecified atom stereocenters. The Morgan fingerprint density at radius 2 is 2.00 bits per heavy atom. The molecule has 0 heterocycles. The SMILES string of the molecule is CN(N=O)C(=O)N[C@@H]([C@H](O)[C@H](O)CO)[C@@H](O)C=O. The third-order valence-corrected chi connectivity index (χ3v) is 2.16. The van der Waals surface area contributed by atoms with Gasteiger partial charge in [0.25, 0.3) is 0 Å². The molecule has 0 aromatic carbocycles. The zero-order valence-electron chi connectivity index (χ0n) is 9.50. The summed E-state index contributed by atoms with van der Waals surface area (Å²) in [7, 11) is 1.00. The molecule has 0 aliphatic rings. The van der Waals surface area contributed by atoms with Gasteiger partial charge in [-0.1, -0.05) is 0 Å². The lowest BCUT2D eigenvalue weighted by molar-refractivity contribution is -0.120. The largest absolute Gasteiger partial charge is 0.394 e. The number of carbonyl (C=O) groups excluding carboxylic acids is 2. The van der Waals surface area contributed by atoms with Gasteiger partial charge in [0.05, 0.1) is 17.9 Å². The fourth-order valence-electron chi connectivity index (χ4n) is 1.08. The van der Waals surface area contributed by atoms with Gasteiger partial charge >= 0.3 is 6.03 Å². The molecule has 0 aromatic heterocycles. The zero-order chi connectivity index (χ0) is 14.3. The van der Waals surface area contributed by atoms with E-state index in [0.717, 1.165) is 7.05 Å². The van der Waals surface area contributed by atoms with E-state index in [1.165, 1.54) is 0 Å². The summed E-state index contributed by atoms with van der Waals surface area (Å²) < 4.78 is 0. The molecule has 104 valence electrons. The number of carbonyl (C=O) groups is 2. The van der Waals surface area contributed by atoms with Crippen LogP contribution in [0.1, 0.15) is 0 Å². The number of nitrogens with zero attached hydrogens (tertiary/aromatic N) is 2. The van der Waals surface area contributed by atoms with Crippen LogP contribution < -0.4 is 5.32 Å². The van der Waals surface area contributed by atoms with Crippen LogP contribution in [0, 0.1) is 4.91 Å². The van der Waals surface area contributed by atoms with Gasteiger partial charge in [0.2, 0.25) is 0 Å². The van der Waals surface area contributed by atoms with Gasteiger partial charge in [-0.3, -0.25) is 0 Å². The van der Waals surface area contributed by atoms with E-state index in [1.807, 2.05) is 5.32 Å². The molecule has 0 fully saturated rings. The minimum Gasteiger partial charge on any atom is -0.394 e. The van der Waals surface area contributed by atoms with Crippen LogP contribution in [-0.2, 0) is 4.79 Å². The van der Waals surface area contributed by atoms with E-state index >= 15 is 0 Å². The first-order valence-corrected chi connectivity index (χ1v) is 4.86. The number of hydrogen-bond donors (Lipinski definition) is 5. The summed E-state index contributed by atoms with van der Waals surface area (Å²) in [5.74, 6) is 0. The molecule has 0 aromatic rings. The molecule has 0 aliphatic carbocycles. The van der Waals surface area contributed by atoms with Crippen molar-refractivity contribution in [2.75, 3.05) is 13.7 Å². The summed E-state index contributed by atoms with van der Waals surface area (Å²) in [6.45, 7) is -0.846. The molecule has 5 N–H and O–H groups in total. The number of urea groups is 1. The lowest BCUT2D eigenvalue weighted by Gasteiger charge is -2.28. The molecule has 0 radical (unpaired) electrons. The molecule has 10 nitrogen and oxygen atoms in total. The molecule has 0 bridgehead atoms. The minimum atomic E-state index is -1.83. The second-order valence-corrected chi connectivity index (χ2v) is 3.45. The van der Waals surface area contributed by atoms with Crippen LogP contribution in [-0.4, -0.2) is 75.8 Å². The highest BCUT2D eigenvalue weighted by Crippen LogP contribution is 2.05. The van der Waals surface area contributed by atoms with Gasteiger partial charge in [0.1, 0.15) is 18.3 Å². The van der Waals surface area contributed by atoms with Crippen molar-refractivity contribution in [2.24, 2.45) is 5.29 Å². The van der Waals surface area contributed by atoms with Crippen molar-refractivity contribution in [1.82, 2.24) is 10.3 Å². The number of aldehydes is 1. The Hall–Kier alpha value is -1.62. The molecular formula is C8H15N3O7. The second kappa shape index (κ2) is 7.66. The lowest BCUT2D eigenvalue weighted by atomic mass is 10.0. The fraction of sp³-hybridized carbons (Fsp3) is 0.750. The summed E-state index contributed by atoms with van der Waals surface area (Å²) in [4.78, 5) is 31.7. The standard InChI is InChI=1S/C8H15N3O7/c1-11(10-18)8(17)9-6(4(14)2-12)7(16)5(15)3-13/h2,4-7,13-16H,3H2,1H3,(H,9,17)/t4-,5+,6+,7+/m0/s1. The van der Waals surface area contributed by atoms with Gasteiger partial charge in [0, 0.05) is 7.05 Å². The summed E-state index contributed by atoms with van der Waals surface area (Å²) in [5, 5.41) is 41.1. The van der Waals surface area contributed by atoms with Crippen molar-refractivity contribution in [1.29, 1.82) is 0 Å². The van der Waals surface area contributed by atoms with Gasteiger partial charge in [0.15, 0.2) is 6.29 Å². The predicted octanol–water partition coefficient (Wildman–Crippen LogP) is -3.05. The Morgan fingerprint density at radius 3 is 2.39 bits per heavy atom. The first kappa shape index (κ1) is 16.4. The summed E-state index contributed by atoms with van der Waals surface area (Å²) in [5.41, 5.74) is 0. The van der Waals surface area contributed by atoms with Crippen molar-refractivity contribution in [2.45, 2.75) is 24.4 Å². The van der Waals surface area contributed by atoms with E-state index in [0.29, 0.717) is 5.01 Å².